The third kappa shape index (κ3) is 4.01. The van der Waals surface area contributed by atoms with Gasteiger partial charge < -0.3 is 44.2 Å². The lowest BCUT2D eigenvalue weighted by atomic mass is 9.99. The second-order valence-corrected chi connectivity index (χ2v) is 7.33. The molecule has 5 atom stereocenters. The van der Waals surface area contributed by atoms with Crippen molar-refractivity contribution in [3.63, 3.8) is 0 Å². The number of aromatic hydroxyl groups is 1. The number of benzene rings is 2. The van der Waals surface area contributed by atoms with E-state index in [9.17, 15) is 30.3 Å². The molecule has 2 aromatic carbocycles. The molecule has 5 N–H and O–H groups in total. The highest BCUT2D eigenvalue weighted by Crippen LogP contribution is 2.33. The number of hydrogen-bond donors (Lipinski definition) is 5. The first kappa shape index (κ1) is 22.1. The molecule has 1 aliphatic heterocycles. The average molecular weight is 446 g/mol. The van der Waals surface area contributed by atoms with E-state index in [0.717, 1.165) is 6.07 Å². The van der Waals surface area contributed by atoms with Crippen molar-refractivity contribution in [2.45, 2.75) is 30.7 Å². The van der Waals surface area contributed by atoms with Gasteiger partial charge in [0.2, 0.25) is 6.29 Å². The summed E-state index contributed by atoms with van der Waals surface area (Å²) in [5.74, 6) is 0.422. The Hall–Kier alpha value is -3.15. The molecule has 1 fully saturated rings. The van der Waals surface area contributed by atoms with Gasteiger partial charge in [0.05, 0.1) is 13.7 Å². The van der Waals surface area contributed by atoms with Gasteiger partial charge in [0.1, 0.15) is 58.4 Å². The van der Waals surface area contributed by atoms with E-state index >= 15 is 0 Å². The Morgan fingerprint density at radius 2 is 1.69 bits per heavy atom. The predicted molar refractivity (Wildman–Crippen MR) is 111 cm³/mol. The summed E-state index contributed by atoms with van der Waals surface area (Å²) in [7, 11) is 1.53. The van der Waals surface area contributed by atoms with Crippen molar-refractivity contribution >= 4 is 11.0 Å². The standard InChI is InChI=1S/C22H22O10/c1-29-11-4-2-10(3-5-11)15-8-14(25)18-13(24)6-12(7-16(18)31-15)30-22-21(28)20(27)19(26)17(9-23)32-22/h2-8,17,19-24,26-28H,9H2,1H3/t17-,19+,20-,21-,22-/m1/s1. The van der Waals surface area contributed by atoms with Crippen LogP contribution < -0.4 is 14.9 Å². The second-order valence-electron chi connectivity index (χ2n) is 7.33. The number of phenolic OH excluding ortho intramolecular Hbond substituents is 1. The Labute approximate surface area is 181 Å². The lowest BCUT2D eigenvalue weighted by Gasteiger charge is -2.39. The zero-order valence-corrected chi connectivity index (χ0v) is 16.9. The number of aliphatic hydroxyl groups excluding tert-OH is 4. The molecule has 0 unspecified atom stereocenters. The summed E-state index contributed by atoms with van der Waals surface area (Å²) in [5.41, 5.74) is 0.140. The molecule has 0 aliphatic carbocycles. The average Bonchev–Trinajstić information content (AvgIpc) is 2.79. The molecule has 0 bridgehead atoms. The van der Waals surface area contributed by atoms with Gasteiger partial charge in [-0.3, -0.25) is 4.79 Å². The summed E-state index contributed by atoms with van der Waals surface area (Å²) in [6, 6.07) is 10.5. The summed E-state index contributed by atoms with van der Waals surface area (Å²) >= 11 is 0. The Morgan fingerprint density at radius 1 is 0.969 bits per heavy atom. The van der Waals surface area contributed by atoms with Crippen LogP contribution in [0.25, 0.3) is 22.3 Å². The van der Waals surface area contributed by atoms with Crippen LogP contribution in [0.15, 0.2) is 51.7 Å². The summed E-state index contributed by atoms with van der Waals surface area (Å²) in [6.07, 6.45) is -7.42. The molecule has 0 radical (unpaired) electrons. The topological polar surface area (TPSA) is 159 Å². The molecule has 1 aromatic heterocycles. The van der Waals surface area contributed by atoms with Crippen molar-refractivity contribution < 1.29 is 44.2 Å². The van der Waals surface area contributed by atoms with Crippen LogP contribution in [0.1, 0.15) is 0 Å². The third-order valence-corrected chi connectivity index (χ3v) is 5.26. The quantitative estimate of drug-likeness (QED) is 0.370. The first-order valence-corrected chi connectivity index (χ1v) is 9.75. The van der Waals surface area contributed by atoms with Crippen LogP contribution in [0, 0.1) is 0 Å². The van der Waals surface area contributed by atoms with Crippen LogP contribution >= 0.6 is 0 Å². The fourth-order valence-corrected chi connectivity index (χ4v) is 3.51. The first-order valence-electron chi connectivity index (χ1n) is 9.75. The minimum atomic E-state index is -1.64. The van der Waals surface area contributed by atoms with Gasteiger partial charge in [-0.1, -0.05) is 0 Å². The van der Waals surface area contributed by atoms with Crippen molar-refractivity contribution in [2.24, 2.45) is 0 Å². The smallest absolute Gasteiger partial charge is 0.229 e. The van der Waals surface area contributed by atoms with Gasteiger partial charge in [-0.25, -0.2) is 0 Å². The fraction of sp³-hybridized carbons (Fsp3) is 0.318. The minimum absolute atomic E-state index is 0.0166. The molecule has 1 aliphatic rings. The highest BCUT2D eigenvalue weighted by molar-refractivity contribution is 5.86. The van der Waals surface area contributed by atoms with Gasteiger partial charge in [0, 0.05) is 23.8 Å². The zero-order chi connectivity index (χ0) is 23.0. The summed E-state index contributed by atoms with van der Waals surface area (Å²) in [6.45, 7) is -0.617. The van der Waals surface area contributed by atoms with E-state index in [2.05, 4.69) is 0 Å². The molecule has 2 heterocycles. The Kier molecular flexibility index (Phi) is 6.04. The van der Waals surface area contributed by atoms with Crippen molar-refractivity contribution in [1.29, 1.82) is 0 Å². The molecule has 4 rings (SSSR count). The number of ether oxygens (including phenoxy) is 3. The van der Waals surface area contributed by atoms with Crippen molar-refractivity contribution in [3.05, 3.63) is 52.7 Å². The zero-order valence-electron chi connectivity index (χ0n) is 16.9. The van der Waals surface area contributed by atoms with Crippen LogP contribution in [0.2, 0.25) is 0 Å². The van der Waals surface area contributed by atoms with E-state index in [1.807, 2.05) is 0 Å². The molecule has 0 spiro atoms. The molecule has 170 valence electrons. The van der Waals surface area contributed by atoms with E-state index in [4.69, 9.17) is 18.6 Å². The number of aliphatic hydroxyl groups is 4. The van der Waals surface area contributed by atoms with Crippen LogP contribution in [-0.4, -0.2) is 70.0 Å². The highest BCUT2D eigenvalue weighted by Gasteiger charge is 2.44. The number of fused-ring (bicyclic) bond motifs is 1. The van der Waals surface area contributed by atoms with Crippen molar-refractivity contribution in [3.8, 4) is 28.6 Å². The van der Waals surface area contributed by atoms with Crippen molar-refractivity contribution in [2.75, 3.05) is 13.7 Å². The van der Waals surface area contributed by atoms with E-state index in [1.165, 1.54) is 19.2 Å². The number of hydrogen-bond acceptors (Lipinski definition) is 10. The molecule has 32 heavy (non-hydrogen) atoms. The summed E-state index contributed by atoms with van der Waals surface area (Å²) in [5, 5.41) is 49.6. The summed E-state index contributed by atoms with van der Waals surface area (Å²) < 4.78 is 21.8. The van der Waals surface area contributed by atoms with Gasteiger partial charge >= 0.3 is 0 Å². The molecular weight excluding hydrogens is 424 g/mol. The van der Waals surface area contributed by atoms with E-state index in [0.29, 0.717) is 11.3 Å². The van der Waals surface area contributed by atoms with Gasteiger partial charge in [0.25, 0.3) is 0 Å². The maximum atomic E-state index is 12.6. The van der Waals surface area contributed by atoms with Crippen LogP contribution in [0.4, 0.5) is 0 Å². The predicted octanol–water partition coefficient (Wildman–Crippen LogP) is 0.353. The van der Waals surface area contributed by atoms with Gasteiger partial charge in [-0.05, 0) is 24.3 Å². The molecule has 10 nitrogen and oxygen atoms in total. The Bertz CT molecular complexity index is 1150. The SMILES string of the molecule is COc1ccc(-c2cc(=O)c3c(O)cc(O[C@@H]4O[C@H](CO)[C@H](O)[C@@H](O)[C@H]4O)cc3o2)cc1. The largest absolute Gasteiger partial charge is 0.507 e. The molecule has 1 saturated heterocycles. The lowest BCUT2D eigenvalue weighted by molar-refractivity contribution is -0.277. The van der Waals surface area contributed by atoms with Gasteiger partial charge in [0.15, 0.2) is 5.43 Å². The van der Waals surface area contributed by atoms with Crippen LogP contribution in [0.3, 0.4) is 0 Å². The molecule has 10 heteroatoms. The van der Waals surface area contributed by atoms with Crippen molar-refractivity contribution in [1.82, 2.24) is 0 Å². The molecular formula is C22H22O10. The van der Waals surface area contributed by atoms with Crippen LogP contribution in [0.5, 0.6) is 17.2 Å². The summed E-state index contributed by atoms with van der Waals surface area (Å²) in [4.78, 5) is 12.6. The van der Waals surface area contributed by atoms with Gasteiger partial charge in [-0.2, -0.15) is 0 Å². The molecule has 3 aromatic rings. The monoisotopic (exact) mass is 446 g/mol. The van der Waals surface area contributed by atoms with Crippen LogP contribution in [-0.2, 0) is 4.74 Å². The third-order valence-electron chi connectivity index (χ3n) is 5.26. The lowest BCUT2D eigenvalue weighted by Crippen LogP contribution is -2.60. The first-order chi connectivity index (χ1) is 15.3. The molecule has 0 saturated carbocycles. The second kappa shape index (κ2) is 8.77. The van der Waals surface area contributed by atoms with E-state index < -0.39 is 48.5 Å². The van der Waals surface area contributed by atoms with Gasteiger partial charge in [-0.15, -0.1) is 0 Å². The maximum Gasteiger partial charge on any atom is 0.229 e. The number of methoxy groups -OCH3 is 1. The fourth-order valence-electron chi connectivity index (χ4n) is 3.51. The van der Waals surface area contributed by atoms with E-state index in [1.54, 1.807) is 24.3 Å². The molecule has 0 amide bonds. The highest BCUT2D eigenvalue weighted by atomic mass is 16.7. The van der Waals surface area contributed by atoms with E-state index in [-0.39, 0.29) is 22.5 Å². The minimum Gasteiger partial charge on any atom is -0.507 e. The normalized spacial score (nSPS) is 25.6. The number of rotatable bonds is 5. The maximum absolute atomic E-state index is 12.6. The Morgan fingerprint density at radius 3 is 2.34 bits per heavy atom. The Balaban J connectivity index is 1.69. The number of phenols is 1.